The Morgan fingerprint density at radius 2 is 1.05 bits per heavy atom. The van der Waals surface area contributed by atoms with E-state index in [1.807, 2.05) is 97.1 Å². The molecule has 0 bridgehead atoms. The molecule has 0 radical (unpaired) electrons. The molecule has 1 aliphatic heterocycles. The number of benzene rings is 4. The first-order chi connectivity index (χ1) is 18.8. The second-order valence-electron chi connectivity index (χ2n) is 9.83. The third-order valence-corrected chi connectivity index (χ3v) is 7.13. The van der Waals surface area contributed by atoms with E-state index in [4.69, 9.17) is 14.2 Å². The van der Waals surface area contributed by atoms with Crippen LogP contribution >= 0.6 is 0 Å². The molecule has 4 nitrogen and oxygen atoms in total. The molecule has 4 atom stereocenters. The fourth-order valence-electron chi connectivity index (χ4n) is 5.14. The smallest absolute Gasteiger partial charge is 0.338 e. The van der Waals surface area contributed by atoms with Crippen LogP contribution in [0, 0.1) is 5.92 Å². The van der Waals surface area contributed by atoms with Gasteiger partial charge >= 0.3 is 5.97 Å². The van der Waals surface area contributed by atoms with Crippen LogP contribution in [-0.2, 0) is 45.1 Å². The highest BCUT2D eigenvalue weighted by Gasteiger charge is 2.47. The minimum absolute atomic E-state index is 0.0525. The van der Waals surface area contributed by atoms with Crippen molar-refractivity contribution in [3.05, 3.63) is 144 Å². The zero-order valence-corrected chi connectivity index (χ0v) is 21.5. The molecule has 1 aliphatic rings. The standard InChI is InChI=1S/C34H34O4/c35-34-33(37-25-29-19-11-4-12-20-29)32(36-24-28-17-9-3-10-18-28)30(23-27-15-7-2-8-16-27)31(38-34)22-21-26-13-5-1-6-14-26/h1-20,30-33H,21-25H2/t30-,31-,32+,33-/m1/s1. The van der Waals surface area contributed by atoms with Gasteiger partial charge in [0.25, 0.3) is 0 Å². The zero-order chi connectivity index (χ0) is 26.0. The van der Waals surface area contributed by atoms with Gasteiger partial charge in [-0.15, -0.1) is 0 Å². The molecule has 0 saturated carbocycles. The number of hydrogen-bond donors (Lipinski definition) is 0. The Balaban J connectivity index is 1.41. The topological polar surface area (TPSA) is 44.8 Å². The lowest BCUT2D eigenvalue weighted by Crippen LogP contribution is -2.55. The predicted octanol–water partition coefficient (Wildman–Crippen LogP) is 6.57. The summed E-state index contributed by atoms with van der Waals surface area (Å²) in [6.07, 6.45) is 0.759. The number of carbonyl (C=O) groups is 1. The van der Waals surface area contributed by atoms with E-state index < -0.39 is 12.2 Å². The Morgan fingerprint density at radius 1 is 0.579 bits per heavy atom. The summed E-state index contributed by atoms with van der Waals surface area (Å²) < 4.78 is 19.0. The molecule has 5 rings (SSSR count). The fraction of sp³-hybridized carbons (Fsp3) is 0.265. The van der Waals surface area contributed by atoms with Crippen LogP contribution in [-0.4, -0.2) is 24.3 Å². The highest BCUT2D eigenvalue weighted by Crippen LogP contribution is 2.34. The quantitative estimate of drug-likeness (QED) is 0.216. The summed E-state index contributed by atoms with van der Waals surface area (Å²) in [6.45, 7) is 0.721. The number of aryl methyl sites for hydroxylation is 1. The van der Waals surface area contributed by atoms with E-state index in [0.29, 0.717) is 13.2 Å². The maximum atomic E-state index is 13.4. The third-order valence-electron chi connectivity index (χ3n) is 7.13. The van der Waals surface area contributed by atoms with Gasteiger partial charge in [-0.25, -0.2) is 4.79 Å². The maximum Gasteiger partial charge on any atom is 0.338 e. The minimum Gasteiger partial charge on any atom is -0.460 e. The van der Waals surface area contributed by atoms with Crippen molar-refractivity contribution in [1.29, 1.82) is 0 Å². The molecule has 1 saturated heterocycles. The molecule has 1 heterocycles. The molecule has 0 spiro atoms. The van der Waals surface area contributed by atoms with Crippen LogP contribution in [0.15, 0.2) is 121 Å². The van der Waals surface area contributed by atoms with Crippen molar-refractivity contribution in [2.45, 2.75) is 50.8 Å². The van der Waals surface area contributed by atoms with Gasteiger partial charge in [0.2, 0.25) is 0 Å². The number of carbonyl (C=O) groups excluding carboxylic acids is 1. The minimum atomic E-state index is -0.805. The molecule has 1 fully saturated rings. The van der Waals surface area contributed by atoms with E-state index in [0.717, 1.165) is 30.4 Å². The van der Waals surface area contributed by atoms with Gasteiger partial charge in [0.05, 0.1) is 13.2 Å². The van der Waals surface area contributed by atoms with Gasteiger partial charge in [-0.1, -0.05) is 121 Å². The summed E-state index contributed by atoms with van der Waals surface area (Å²) in [4.78, 5) is 13.4. The van der Waals surface area contributed by atoms with Gasteiger partial charge < -0.3 is 14.2 Å². The average Bonchev–Trinajstić information content (AvgIpc) is 2.98. The lowest BCUT2D eigenvalue weighted by molar-refractivity contribution is -0.210. The van der Waals surface area contributed by atoms with Crippen LogP contribution in [0.25, 0.3) is 0 Å². The van der Waals surface area contributed by atoms with Crippen molar-refractivity contribution in [3.8, 4) is 0 Å². The molecular formula is C34H34O4. The number of hydrogen-bond acceptors (Lipinski definition) is 4. The molecule has 4 heteroatoms. The lowest BCUT2D eigenvalue weighted by atomic mass is 9.81. The summed E-state index contributed by atoms with van der Waals surface area (Å²) in [5.41, 5.74) is 4.49. The fourth-order valence-corrected chi connectivity index (χ4v) is 5.14. The molecule has 194 valence electrons. The van der Waals surface area contributed by atoms with Gasteiger partial charge in [0.15, 0.2) is 6.10 Å². The van der Waals surface area contributed by atoms with E-state index in [-0.39, 0.29) is 18.0 Å². The SMILES string of the molecule is O=C1O[C@H](CCc2ccccc2)[C@@H](Cc2ccccc2)[C@H](OCc2ccccc2)[C@H]1OCc1ccccc1. The van der Waals surface area contributed by atoms with Crippen molar-refractivity contribution in [1.82, 2.24) is 0 Å². The summed E-state index contributed by atoms with van der Waals surface area (Å²) >= 11 is 0. The Kier molecular flexibility index (Phi) is 8.98. The Morgan fingerprint density at radius 3 is 1.61 bits per heavy atom. The first-order valence-electron chi connectivity index (χ1n) is 13.4. The molecule has 0 N–H and O–H groups in total. The highest BCUT2D eigenvalue weighted by molar-refractivity contribution is 5.76. The Hall–Kier alpha value is -3.73. The second-order valence-corrected chi connectivity index (χ2v) is 9.83. The molecule has 38 heavy (non-hydrogen) atoms. The van der Waals surface area contributed by atoms with Crippen molar-refractivity contribution >= 4 is 5.97 Å². The zero-order valence-electron chi connectivity index (χ0n) is 21.5. The monoisotopic (exact) mass is 506 g/mol. The van der Waals surface area contributed by atoms with E-state index in [2.05, 4.69) is 24.3 Å². The number of cyclic esters (lactones) is 1. The number of ether oxygens (including phenoxy) is 3. The largest absolute Gasteiger partial charge is 0.460 e. The summed E-state index contributed by atoms with van der Waals surface area (Å²) in [7, 11) is 0. The van der Waals surface area contributed by atoms with Crippen LogP contribution in [0.5, 0.6) is 0 Å². The van der Waals surface area contributed by atoms with Crippen molar-refractivity contribution in [2.24, 2.45) is 5.92 Å². The molecule has 0 aromatic heterocycles. The van der Waals surface area contributed by atoms with Gasteiger partial charge in [-0.05, 0) is 41.5 Å². The van der Waals surface area contributed by atoms with Crippen LogP contribution in [0.1, 0.15) is 28.7 Å². The highest BCUT2D eigenvalue weighted by atomic mass is 16.6. The third kappa shape index (κ3) is 6.97. The first-order valence-corrected chi connectivity index (χ1v) is 13.4. The second kappa shape index (κ2) is 13.2. The van der Waals surface area contributed by atoms with Crippen LogP contribution < -0.4 is 0 Å². The van der Waals surface area contributed by atoms with Gasteiger partial charge in [0.1, 0.15) is 12.2 Å². The molecule has 0 aliphatic carbocycles. The maximum absolute atomic E-state index is 13.4. The molecule has 0 unspecified atom stereocenters. The van der Waals surface area contributed by atoms with Gasteiger partial charge in [-0.3, -0.25) is 0 Å². The Labute approximate surface area is 225 Å². The van der Waals surface area contributed by atoms with Crippen molar-refractivity contribution < 1.29 is 19.0 Å². The van der Waals surface area contributed by atoms with Crippen molar-refractivity contribution in [3.63, 3.8) is 0 Å². The van der Waals surface area contributed by atoms with E-state index in [1.165, 1.54) is 11.1 Å². The average molecular weight is 507 g/mol. The van der Waals surface area contributed by atoms with E-state index in [1.54, 1.807) is 0 Å². The van der Waals surface area contributed by atoms with Gasteiger partial charge in [-0.2, -0.15) is 0 Å². The number of rotatable bonds is 11. The van der Waals surface area contributed by atoms with Gasteiger partial charge in [0, 0.05) is 5.92 Å². The Bertz CT molecular complexity index is 1240. The lowest BCUT2D eigenvalue weighted by Gasteiger charge is -2.41. The molecular weight excluding hydrogens is 472 g/mol. The van der Waals surface area contributed by atoms with Crippen molar-refractivity contribution in [2.75, 3.05) is 0 Å². The van der Waals surface area contributed by atoms with Crippen LogP contribution in [0.2, 0.25) is 0 Å². The summed E-state index contributed by atoms with van der Waals surface area (Å²) in [5.74, 6) is -0.398. The molecule has 4 aromatic carbocycles. The van der Waals surface area contributed by atoms with E-state index >= 15 is 0 Å². The normalized spacial score (nSPS) is 21.1. The molecule has 4 aromatic rings. The molecule has 0 amide bonds. The summed E-state index contributed by atoms with van der Waals surface area (Å²) in [5, 5.41) is 0. The predicted molar refractivity (Wildman–Crippen MR) is 148 cm³/mol. The van der Waals surface area contributed by atoms with E-state index in [9.17, 15) is 4.79 Å². The van der Waals surface area contributed by atoms with Crippen LogP contribution in [0.3, 0.4) is 0 Å². The first kappa shape index (κ1) is 25.9. The van der Waals surface area contributed by atoms with Crippen LogP contribution in [0.4, 0.5) is 0 Å². The summed E-state index contributed by atoms with van der Waals surface area (Å²) in [6, 6.07) is 40.7. The number of esters is 1.